The minimum absolute atomic E-state index is 0.107. The topological polar surface area (TPSA) is 81.3 Å². The van der Waals surface area contributed by atoms with E-state index < -0.39 is 10.4 Å². The second-order valence-electron chi connectivity index (χ2n) is 1.74. The molecule has 0 bridgehead atoms. The van der Waals surface area contributed by atoms with Gasteiger partial charge < -0.3 is 4.98 Å². The van der Waals surface area contributed by atoms with Gasteiger partial charge in [0.2, 0.25) is 0 Å². The van der Waals surface area contributed by atoms with Crippen molar-refractivity contribution < 1.29 is 16.8 Å². The molecule has 0 atom stereocenters. The molecule has 0 radical (unpaired) electrons. The van der Waals surface area contributed by atoms with E-state index in [0.29, 0.717) is 0 Å². The van der Waals surface area contributed by atoms with E-state index in [9.17, 15) is 8.42 Å². The molecule has 0 fully saturated rings. The first-order chi connectivity index (χ1) is 6.12. The number of rotatable bonds is 3. The van der Waals surface area contributed by atoms with Crippen LogP contribution in [0.1, 0.15) is 6.92 Å². The van der Waals surface area contributed by atoms with Gasteiger partial charge in [0.25, 0.3) is 0 Å². The molecule has 0 saturated carbocycles. The second kappa shape index (κ2) is 6.58. The fourth-order valence-electron chi connectivity index (χ4n) is 0.408. The maximum Gasteiger partial charge on any atom is 0.399 e. The van der Waals surface area contributed by atoms with Crippen molar-refractivity contribution in [3.05, 3.63) is 18.7 Å². The van der Waals surface area contributed by atoms with Crippen LogP contribution in [0.2, 0.25) is 0 Å². The Kier molecular flexibility index (Phi) is 6.11. The maximum atomic E-state index is 10.2. The highest BCUT2D eigenvalue weighted by atomic mass is 32.3. The number of hydrogen-bond donors (Lipinski definition) is 1. The van der Waals surface area contributed by atoms with Crippen LogP contribution in [0.25, 0.3) is 0 Å². The Bertz CT molecular complexity index is 264. The molecule has 1 rings (SSSR count). The van der Waals surface area contributed by atoms with Gasteiger partial charge in [-0.25, -0.2) is 9.17 Å². The van der Waals surface area contributed by atoms with Crippen molar-refractivity contribution in [1.82, 2.24) is 9.97 Å². The summed E-state index contributed by atoms with van der Waals surface area (Å²) < 4.78 is 28.4. The fraction of sp³-hybridized carbons (Fsp3) is 0.500. The molecule has 0 aliphatic heterocycles. The summed E-state index contributed by atoms with van der Waals surface area (Å²) in [6.45, 7) is 1.67. The van der Waals surface area contributed by atoms with Crippen LogP contribution in [0.15, 0.2) is 18.7 Å². The zero-order chi connectivity index (χ0) is 10.2. The van der Waals surface area contributed by atoms with Crippen molar-refractivity contribution in [2.75, 3.05) is 13.7 Å². The van der Waals surface area contributed by atoms with Crippen LogP contribution >= 0.6 is 0 Å². The molecule has 0 unspecified atom stereocenters. The fourth-order valence-corrected chi connectivity index (χ4v) is 0.793. The smallest absolute Gasteiger partial charge is 0.351 e. The number of nitrogens with one attached hydrogen (secondary N) is 1. The molecule has 0 aliphatic carbocycles. The summed E-state index contributed by atoms with van der Waals surface area (Å²) in [6, 6.07) is 0. The molecule has 0 saturated heterocycles. The third-order valence-electron chi connectivity index (χ3n) is 0.872. The molecule has 6 nitrogen and oxygen atoms in total. The number of H-pyrrole nitrogens is 1. The van der Waals surface area contributed by atoms with Gasteiger partial charge in [-0.05, 0) is 6.92 Å². The van der Waals surface area contributed by atoms with E-state index >= 15 is 0 Å². The summed E-state index contributed by atoms with van der Waals surface area (Å²) in [7, 11) is -2.62. The standard InChI is InChI=1S/C3H4N2.C3H8O4S/c1-2-5-3-4-1;1-3-7-8(4,5)6-2/h1-3H,(H,4,5);3H2,1-2H3. The van der Waals surface area contributed by atoms with Gasteiger partial charge in [0.15, 0.2) is 0 Å². The van der Waals surface area contributed by atoms with E-state index in [-0.39, 0.29) is 6.61 Å². The normalized spacial score (nSPS) is 10.3. The van der Waals surface area contributed by atoms with Crippen molar-refractivity contribution in [2.24, 2.45) is 0 Å². The van der Waals surface area contributed by atoms with Gasteiger partial charge in [-0.1, -0.05) is 0 Å². The largest absolute Gasteiger partial charge is 0.399 e. The van der Waals surface area contributed by atoms with Crippen molar-refractivity contribution in [2.45, 2.75) is 6.92 Å². The first-order valence-corrected chi connectivity index (χ1v) is 4.83. The highest BCUT2D eigenvalue weighted by Crippen LogP contribution is 1.89. The molecule has 0 aliphatic rings. The number of aromatic amines is 1. The summed E-state index contributed by atoms with van der Waals surface area (Å²) in [5, 5.41) is 0. The lowest BCUT2D eigenvalue weighted by molar-refractivity contribution is 0.254. The molecular formula is C6H12N2O4S. The summed E-state index contributed by atoms with van der Waals surface area (Å²) >= 11 is 0. The van der Waals surface area contributed by atoms with E-state index in [4.69, 9.17) is 0 Å². The van der Waals surface area contributed by atoms with Gasteiger partial charge in [0, 0.05) is 12.4 Å². The predicted octanol–water partition coefficient (Wildman–Crippen LogP) is 0.324. The van der Waals surface area contributed by atoms with Gasteiger partial charge in [0.05, 0.1) is 20.0 Å². The second-order valence-corrected chi connectivity index (χ2v) is 3.13. The average molecular weight is 208 g/mol. The average Bonchev–Trinajstić information content (AvgIpc) is 2.61. The van der Waals surface area contributed by atoms with Crippen molar-refractivity contribution in [3.63, 3.8) is 0 Å². The van der Waals surface area contributed by atoms with Gasteiger partial charge in [-0.2, -0.15) is 8.42 Å². The number of nitrogens with zero attached hydrogens (tertiary/aromatic N) is 1. The van der Waals surface area contributed by atoms with E-state index in [1.165, 1.54) is 0 Å². The molecule has 0 amide bonds. The lowest BCUT2D eigenvalue weighted by atomic mass is 10.9. The first-order valence-electron chi connectivity index (χ1n) is 3.50. The molecule has 0 aromatic carbocycles. The van der Waals surface area contributed by atoms with Crippen LogP contribution in [-0.4, -0.2) is 32.1 Å². The minimum Gasteiger partial charge on any atom is -0.351 e. The Morgan fingerprint density at radius 2 is 2.23 bits per heavy atom. The van der Waals surface area contributed by atoms with Crippen LogP contribution < -0.4 is 0 Å². The summed E-state index contributed by atoms with van der Waals surface area (Å²) in [6.07, 6.45) is 5.08. The number of hydrogen-bond acceptors (Lipinski definition) is 5. The first kappa shape index (κ1) is 12.1. The molecule has 1 aromatic rings. The van der Waals surface area contributed by atoms with Crippen LogP contribution in [0.3, 0.4) is 0 Å². The monoisotopic (exact) mass is 208 g/mol. The Labute approximate surface area is 77.2 Å². The molecule has 13 heavy (non-hydrogen) atoms. The predicted molar refractivity (Wildman–Crippen MR) is 46.1 cm³/mol. The molecule has 1 N–H and O–H groups in total. The van der Waals surface area contributed by atoms with E-state index in [0.717, 1.165) is 7.11 Å². The van der Waals surface area contributed by atoms with Gasteiger partial charge in [-0.15, -0.1) is 0 Å². The maximum absolute atomic E-state index is 10.2. The summed E-state index contributed by atoms with van der Waals surface area (Å²) in [5.41, 5.74) is 0. The van der Waals surface area contributed by atoms with Crippen molar-refractivity contribution >= 4 is 10.4 Å². The molecule has 7 heteroatoms. The minimum atomic E-state index is -3.67. The van der Waals surface area contributed by atoms with Crippen LogP contribution in [-0.2, 0) is 18.8 Å². The van der Waals surface area contributed by atoms with E-state index in [2.05, 4.69) is 18.3 Å². The highest BCUT2D eigenvalue weighted by molar-refractivity contribution is 7.81. The lowest BCUT2D eigenvalue weighted by Gasteiger charge is -1.95. The highest BCUT2D eigenvalue weighted by Gasteiger charge is 2.04. The van der Waals surface area contributed by atoms with Crippen LogP contribution in [0, 0.1) is 0 Å². The Morgan fingerprint density at radius 3 is 2.38 bits per heavy atom. The molecular weight excluding hydrogens is 196 g/mol. The zero-order valence-corrected chi connectivity index (χ0v) is 8.24. The zero-order valence-electron chi connectivity index (χ0n) is 7.43. The van der Waals surface area contributed by atoms with Crippen LogP contribution in [0.5, 0.6) is 0 Å². The summed E-state index contributed by atoms with van der Waals surface area (Å²) in [4.78, 5) is 6.42. The Balaban J connectivity index is 0.000000243. The molecule has 76 valence electrons. The molecule has 1 aromatic heterocycles. The van der Waals surface area contributed by atoms with Gasteiger partial charge >= 0.3 is 10.4 Å². The third kappa shape index (κ3) is 7.44. The number of imidazole rings is 1. The summed E-state index contributed by atoms with van der Waals surface area (Å²) in [5.74, 6) is 0. The SMILES string of the molecule is CCOS(=O)(=O)OC.c1c[nH]cn1. The van der Waals surface area contributed by atoms with Gasteiger partial charge in [0.1, 0.15) is 0 Å². The molecule has 0 spiro atoms. The molecule has 1 heterocycles. The van der Waals surface area contributed by atoms with Crippen molar-refractivity contribution in [3.8, 4) is 0 Å². The number of aromatic nitrogens is 2. The van der Waals surface area contributed by atoms with E-state index in [1.54, 1.807) is 25.6 Å². The van der Waals surface area contributed by atoms with Crippen LogP contribution in [0.4, 0.5) is 0 Å². The van der Waals surface area contributed by atoms with Gasteiger partial charge in [-0.3, -0.25) is 4.18 Å². The third-order valence-corrected chi connectivity index (χ3v) is 1.80. The van der Waals surface area contributed by atoms with E-state index in [1.807, 2.05) is 0 Å². The Hall–Kier alpha value is -0.920. The van der Waals surface area contributed by atoms with Crippen molar-refractivity contribution in [1.29, 1.82) is 0 Å². The quantitative estimate of drug-likeness (QED) is 0.773. The Morgan fingerprint density at radius 1 is 1.54 bits per heavy atom. The lowest BCUT2D eigenvalue weighted by Crippen LogP contribution is -2.06.